The van der Waals surface area contributed by atoms with Crippen LogP contribution in [0.15, 0.2) is 40.8 Å². The molecule has 0 amide bonds. The second-order valence-corrected chi connectivity index (χ2v) is 6.92. The topological polar surface area (TPSA) is 97.0 Å². The standard InChI is InChI=1S/C23H24O6/c1-3-5-7-21(26)29-20-13-19-16(12-17(20)25)22(18(28-19)6-4-2)23(27)14-8-10-15(24)11-9-14/h8-13,24-25H,3-7H2,1-2H3. The molecule has 0 saturated carbocycles. The minimum absolute atomic E-state index is 0.0130. The normalized spacial score (nSPS) is 11.0. The van der Waals surface area contributed by atoms with E-state index in [9.17, 15) is 19.8 Å². The fourth-order valence-corrected chi connectivity index (χ4v) is 3.15. The number of ketones is 1. The molecule has 0 aliphatic carbocycles. The summed E-state index contributed by atoms with van der Waals surface area (Å²) in [6.07, 6.45) is 3.13. The molecule has 2 aromatic carbocycles. The number of phenols is 2. The first kappa shape index (κ1) is 20.5. The summed E-state index contributed by atoms with van der Waals surface area (Å²) in [4.78, 5) is 25.0. The van der Waals surface area contributed by atoms with Crippen LogP contribution in [0.4, 0.5) is 0 Å². The van der Waals surface area contributed by atoms with Crippen LogP contribution < -0.4 is 4.74 Å². The zero-order valence-electron chi connectivity index (χ0n) is 16.5. The zero-order chi connectivity index (χ0) is 21.0. The SMILES string of the molecule is CCCCC(=O)Oc1cc2oc(CCC)c(C(=O)c3ccc(O)cc3)c2cc1O. The Morgan fingerprint density at radius 2 is 1.76 bits per heavy atom. The van der Waals surface area contributed by atoms with E-state index in [4.69, 9.17) is 9.15 Å². The minimum atomic E-state index is -0.428. The molecule has 152 valence electrons. The lowest BCUT2D eigenvalue weighted by molar-refractivity contribution is -0.134. The number of unbranched alkanes of at least 4 members (excludes halogenated alkanes) is 1. The summed E-state index contributed by atoms with van der Waals surface area (Å²) in [7, 11) is 0. The number of carbonyl (C=O) groups is 2. The van der Waals surface area contributed by atoms with Crippen LogP contribution in [-0.4, -0.2) is 22.0 Å². The predicted molar refractivity (Wildman–Crippen MR) is 109 cm³/mol. The molecular weight excluding hydrogens is 372 g/mol. The van der Waals surface area contributed by atoms with E-state index in [1.807, 2.05) is 13.8 Å². The van der Waals surface area contributed by atoms with Gasteiger partial charge in [0, 0.05) is 29.9 Å². The number of phenolic OH excluding ortho intramolecular Hbond substituents is 2. The van der Waals surface area contributed by atoms with Crippen LogP contribution in [0.25, 0.3) is 11.0 Å². The van der Waals surface area contributed by atoms with Gasteiger partial charge in [0.15, 0.2) is 17.3 Å². The van der Waals surface area contributed by atoms with Gasteiger partial charge in [-0.1, -0.05) is 20.3 Å². The largest absolute Gasteiger partial charge is 0.508 e. The quantitative estimate of drug-likeness (QED) is 0.311. The van der Waals surface area contributed by atoms with E-state index < -0.39 is 5.97 Å². The average Bonchev–Trinajstić information content (AvgIpc) is 3.03. The van der Waals surface area contributed by atoms with E-state index >= 15 is 0 Å². The van der Waals surface area contributed by atoms with Crippen molar-refractivity contribution in [3.05, 3.63) is 53.3 Å². The van der Waals surface area contributed by atoms with Gasteiger partial charge in [-0.25, -0.2) is 0 Å². The maximum atomic E-state index is 13.1. The van der Waals surface area contributed by atoms with Crippen molar-refractivity contribution in [2.75, 3.05) is 0 Å². The molecule has 0 radical (unpaired) electrons. The molecule has 0 unspecified atom stereocenters. The molecule has 1 heterocycles. The van der Waals surface area contributed by atoms with Gasteiger partial charge < -0.3 is 19.4 Å². The molecular formula is C23H24O6. The second-order valence-electron chi connectivity index (χ2n) is 6.92. The van der Waals surface area contributed by atoms with Crippen molar-refractivity contribution in [2.45, 2.75) is 46.0 Å². The van der Waals surface area contributed by atoms with Crippen molar-refractivity contribution in [3.8, 4) is 17.2 Å². The first-order chi connectivity index (χ1) is 13.9. The van der Waals surface area contributed by atoms with Gasteiger partial charge in [-0.05, 0) is 43.2 Å². The lowest BCUT2D eigenvalue weighted by Gasteiger charge is -2.06. The lowest BCUT2D eigenvalue weighted by atomic mass is 9.98. The molecule has 0 aliphatic rings. The number of ether oxygens (including phenoxy) is 1. The van der Waals surface area contributed by atoms with Gasteiger partial charge >= 0.3 is 5.97 Å². The smallest absolute Gasteiger partial charge is 0.311 e. The van der Waals surface area contributed by atoms with E-state index in [0.29, 0.717) is 40.7 Å². The van der Waals surface area contributed by atoms with Crippen LogP contribution in [0.5, 0.6) is 17.2 Å². The molecule has 1 aromatic heterocycles. The van der Waals surface area contributed by atoms with Crippen LogP contribution in [-0.2, 0) is 11.2 Å². The maximum Gasteiger partial charge on any atom is 0.311 e. The predicted octanol–water partition coefficient (Wildman–Crippen LogP) is 5.12. The third kappa shape index (κ3) is 4.42. The highest BCUT2D eigenvalue weighted by Gasteiger charge is 2.24. The van der Waals surface area contributed by atoms with Gasteiger partial charge in [0.05, 0.1) is 5.56 Å². The van der Waals surface area contributed by atoms with Crippen molar-refractivity contribution in [3.63, 3.8) is 0 Å². The Morgan fingerprint density at radius 3 is 2.41 bits per heavy atom. The van der Waals surface area contributed by atoms with E-state index in [2.05, 4.69) is 0 Å². The molecule has 0 aliphatic heterocycles. The summed E-state index contributed by atoms with van der Waals surface area (Å²) < 4.78 is 11.2. The molecule has 3 rings (SSSR count). The van der Waals surface area contributed by atoms with Crippen LogP contribution >= 0.6 is 0 Å². The van der Waals surface area contributed by atoms with E-state index in [-0.39, 0.29) is 29.5 Å². The summed E-state index contributed by atoms with van der Waals surface area (Å²) in [5.41, 5.74) is 1.13. The summed E-state index contributed by atoms with van der Waals surface area (Å²) in [6, 6.07) is 8.81. The molecule has 6 heteroatoms. The number of hydrogen-bond donors (Lipinski definition) is 2. The van der Waals surface area contributed by atoms with Gasteiger partial charge in [-0.2, -0.15) is 0 Å². The first-order valence-electron chi connectivity index (χ1n) is 9.77. The van der Waals surface area contributed by atoms with Crippen LogP contribution in [0, 0.1) is 0 Å². The second kappa shape index (κ2) is 8.82. The van der Waals surface area contributed by atoms with E-state index in [1.165, 1.54) is 36.4 Å². The van der Waals surface area contributed by atoms with Gasteiger partial charge in [-0.15, -0.1) is 0 Å². The molecule has 6 nitrogen and oxygen atoms in total. The fourth-order valence-electron chi connectivity index (χ4n) is 3.15. The van der Waals surface area contributed by atoms with Crippen molar-refractivity contribution in [1.82, 2.24) is 0 Å². The number of rotatable bonds is 8. The monoisotopic (exact) mass is 396 g/mol. The van der Waals surface area contributed by atoms with Gasteiger partial charge in [0.2, 0.25) is 0 Å². The summed E-state index contributed by atoms with van der Waals surface area (Å²) in [6.45, 7) is 3.95. The van der Waals surface area contributed by atoms with Crippen LogP contribution in [0.2, 0.25) is 0 Å². The summed E-state index contributed by atoms with van der Waals surface area (Å²) >= 11 is 0. The molecule has 3 aromatic rings. The van der Waals surface area contributed by atoms with Crippen LogP contribution in [0.3, 0.4) is 0 Å². The highest BCUT2D eigenvalue weighted by atomic mass is 16.5. The molecule has 0 atom stereocenters. The number of hydrogen-bond acceptors (Lipinski definition) is 6. The highest BCUT2D eigenvalue weighted by Crippen LogP contribution is 2.37. The van der Waals surface area contributed by atoms with Crippen molar-refractivity contribution < 1.29 is 29.0 Å². The van der Waals surface area contributed by atoms with Gasteiger partial charge in [-0.3, -0.25) is 9.59 Å². The number of furan rings is 1. The molecule has 0 fully saturated rings. The Kier molecular flexibility index (Phi) is 6.22. The van der Waals surface area contributed by atoms with E-state index in [0.717, 1.165) is 12.8 Å². The zero-order valence-corrected chi connectivity index (χ0v) is 16.5. The highest BCUT2D eigenvalue weighted by molar-refractivity contribution is 6.17. The third-order valence-corrected chi connectivity index (χ3v) is 4.63. The first-order valence-corrected chi connectivity index (χ1v) is 9.77. The Balaban J connectivity index is 2.04. The minimum Gasteiger partial charge on any atom is -0.508 e. The number of esters is 1. The molecule has 0 saturated heterocycles. The Hall–Kier alpha value is -3.28. The van der Waals surface area contributed by atoms with Crippen LogP contribution in [0.1, 0.15) is 61.2 Å². The Bertz CT molecular complexity index is 1030. The van der Waals surface area contributed by atoms with Crippen molar-refractivity contribution in [1.29, 1.82) is 0 Å². The Labute approximate surface area is 168 Å². The number of aromatic hydroxyl groups is 2. The third-order valence-electron chi connectivity index (χ3n) is 4.63. The fraction of sp³-hybridized carbons (Fsp3) is 0.304. The summed E-state index contributed by atoms with van der Waals surface area (Å²) in [5, 5.41) is 20.3. The maximum absolute atomic E-state index is 13.1. The van der Waals surface area contributed by atoms with Crippen molar-refractivity contribution >= 4 is 22.7 Å². The number of aryl methyl sites for hydroxylation is 1. The van der Waals surface area contributed by atoms with E-state index in [1.54, 1.807) is 0 Å². The lowest BCUT2D eigenvalue weighted by Crippen LogP contribution is -2.07. The molecule has 29 heavy (non-hydrogen) atoms. The average molecular weight is 396 g/mol. The molecule has 0 spiro atoms. The summed E-state index contributed by atoms with van der Waals surface area (Å²) in [5.74, 6) is -0.333. The van der Waals surface area contributed by atoms with Crippen molar-refractivity contribution in [2.24, 2.45) is 0 Å². The van der Waals surface area contributed by atoms with Gasteiger partial charge in [0.1, 0.15) is 17.1 Å². The molecule has 0 bridgehead atoms. The number of fused-ring (bicyclic) bond motifs is 1. The van der Waals surface area contributed by atoms with Gasteiger partial charge in [0.25, 0.3) is 0 Å². The number of benzene rings is 2. The number of carbonyl (C=O) groups excluding carboxylic acids is 2. The Morgan fingerprint density at radius 1 is 1.03 bits per heavy atom. The molecule has 2 N–H and O–H groups in total.